The number of nitrogens with zero attached hydrogens (tertiary/aromatic N) is 1. The second-order valence-corrected chi connectivity index (χ2v) is 3.80. The normalized spacial score (nSPS) is 13.6. The van der Waals surface area contributed by atoms with Gasteiger partial charge in [-0.05, 0) is 18.6 Å². The second-order valence-electron chi connectivity index (χ2n) is 3.80. The molecule has 0 spiro atoms. The maximum Gasteiger partial charge on any atom is 0.345 e. The number of imide groups is 1. The van der Waals surface area contributed by atoms with Crippen LogP contribution in [0.15, 0.2) is 24.3 Å². The molecule has 100 valence electrons. The number of carbonyl (C=O) groups is 3. The van der Waals surface area contributed by atoms with E-state index in [2.05, 4.69) is 14.9 Å². The van der Waals surface area contributed by atoms with E-state index in [1.807, 2.05) is 0 Å². The molecule has 1 aromatic rings. The van der Waals surface area contributed by atoms with Gasteiger partial charge in [0.05, 0.1) is 11.1 Å². The molecule has 7 nitrogen and oxygen atoms in total. The van der Waals surface area contributed by atoms with Crippen molar-refractivity contribution in [1.82, 2.24) is 5.06 Å². The molecular formula is C12H11NO6. The monoisotopic (exact) mass is 265 g/mol. The van der Waals surface area contributed by atoms with Crippen molar-refractivity contribution in [3.63, 3.8) is 0 Å². The molecule has 0 bridgehead atoms. The number of fused-ring (bicyclic) bond motifs is 1. The first kappa shape index (κ1) is 13.2. The largest absolute Gasteiger partial charge is 0.345 e. The molecule has 2 rings (SSSR count). The average Bonchev–Trinajstić information content (AvgIpc) is 2.65. The molecule has 0 N–H and O–H groups in total. The molecular weight excluding hydrogens is 254 g/mol. The summed E-state index contributed by atoms with van der Waals surface area (Å²) in [6.07, 6.45) is 0.723. The van der Waals surface area contributed by atoms with Crippen LogP contribution in [0.4, 0.5) is 0 Å². The molecule has 1 aliphatic rings. The lowest BCUT2D eigenvalue weighted by molar-refractivity contribution is -0.537. The van der Waals surface area contributed by atoms with Crippen molar-refractivity contribution in [3.05, 3.63) is 35.4 Å². The van der Waals surface area contributed by atoms with Crippen molar-refractivity contribution >= 4 is 17.8 Å². The van der Waals surface area contributed by atoms with Crippen LogP contribution in [0, 0.1) is 0 Å². The fraction of sp³-hybridized carbons (Fsp3) is 0.250. The number of hydroxylamine groups is 2. The van der Waals surface area contributed by atoms with Gasteiger partial charge >= 0.3 is 5.97 Å². The molecule has 7 heteroatoms. The predicted octanol–water partition coefficient (Wildman–Crippen LogP) is 1.40. The zero-order chi connectivity index (χ0) is 13.8. The molecule has 2 amide bonds. The van der Waals surface area contributed by atoms with E-state index >= 15 is 0 Å². The van der Waals surface area contributed by atoms with Crippen LogP contribution >= 0.6 is 0 Å². The van der Waals surface area contributed by atoms with E-state index < -0.39 is 17.8 Å². The molecule has 0 fully saturated rings. The van der Waals surface area contributed by atoms with Gasteiger partial charge in [0.1, 0.15) is 0 Å². The maximum atomic E-state index is 11.8. The smallest absolute Gasteiger partial charge is 0.267 e. The van der Waals surface area contributed by atoms with Crippen molar-refractivity contribution in [1.29, 1.82) is 0 Å². The van der Waals surface area contributed by atoms with Crippen LogP contribution in [0.1, 0.15) is 40.5 Å². The Balaban J connectivity index is 1.95. The molecule has 0 aromatic heterocycles. The van der Waals surface area contributed by atoms with E-state index in [0.29, 0.717) is 11.5 Å². The number of amides is 2. The quantitative estimate of drug-likeness (QED) is 0.454. The first-order valence-corrected chi connectivity index (χ1v) is 5.67. The topological polar surface area (TPSA) is 82.1 Å². The van der Waals surface area contributed by atoms with Gasteiger partial charge in [-0.1, -0.05) is 24.0 Å². The van der Waals surface area contributed by atoms with E-state index in [1.54, 1.807) is 19.1 Å². The summed E-state index contributed by atoms with van der Waals surface area (Å²) < 4.78 is 0. The van der Waals surface area contributed by atoms with Crippen molar-refractivity contribution < 1.29 is 29.3 Å². The molecule has 0 saturated heterocycles. The Bertz CT molecular complexity index is 492. The number of rotatable bonds is 5. The maximum absolute atomic E-state index is 11.8. The van der Waals surface area contributed by atoms with Crippen LogP contribution in [0.5, 0.6) is 0 Å². The van der Waals surface area contributed by atoms with Crippen LogP contribution in [0.2, 0.25) is 0 Å². The molecule has 0 radical (unpaired) electrons. The van der Waals surface area contributed by atoms with E-state index in [9.17, 15) is 14.4 Å². The molecule has 0 atom stereocenters. The number of benzene rings is 1. The minimum Gasteiger partial charge on any atom is -0.267 e. The van der Waals surface area contributed by atoms with E-state index in [1.165, 1.54) is 12.1 Å². The van der Waals surface area contributed by atoms with Gasteiger partial charge in [-0.25, -0.2) is 4.79 Å². The molecule has 0 aliphatic carbocycles. The fourth-order valence-corrected chi connectivity index (χ4v) is 1.56. The van der Waals surface area contributed by atoms with Gasteiger partial charge in [0.2, 0.25) is 0 Å². The summed E-state index contributed by atoms with van der Waals surface area (Å²) in [5.74, 6) is -2.00. The Morgan fingerprint density at radius 2 is 1.74 bits per heavy atom. The highest BCUT2D eigenvalue weighted by Gasteiger charge is 2.37. The zero-order valence-electron chi connectivity index (χ0n) is 10.1. The van der Waals surface area contributed by atoms with E-state index in [-0.39, 0.29) is 17.5 Å². The average molecular weight is 265 g/mol. The van der Waals surface area contributed by atoms with Crippen LogP contribution < -0.4 is 0 Å². The fourth-order valence-electron chi connectivity index (χ4n) is 1.56. The van der Waals surface area contributed by atoms with Crippen LogP contribution in [0.25, 0.3) is 0 Å². The SMILES string of the molecule is CCCC(=O)OOON1C(=O)c2ccccc2C1=O. The summed E-state index contributed by atoms with van der Waals surface area (Å²) in [7, 11) is 0. The second kappa shape index (κ2) is 5.59. The highest BCUT2D eigenvalue weighted by Crippen LogP contribution is 2.22. The van der Waals surface area contributed by atoms with Gasteiger partial charge < -0.3 is 0 Å². The zero-order valence-corrected chi connectivity index (χ0v) is 10.1. The molecule has 19 heavy (non-hydrogen) atoms. The third kappa shape index (κ3) is 2.61. The molecule has 0 unspecified atom stereocenters. The lowest BCUT2D eigenvalue weighted by atomic mass is 10.1. The molecule has 1 aromatic carbocycles. The summed E-state index contributed by atoms with van der Waals surface area (Å²) in [4.78, 5) is 43.2. The molecule has 0 saturated carbocycles. The van der Waals surface area contributed by atoms with Crippen molar-refractivity contribution in [2.45, 2.75) is 19.8 Å². The standard InChI is InChI=1S/C12H11NO6/c1-2-5-10(14)17-19-18-13-11(15)8-6-3-4-7-9(8)12(13)16/h3-4,6-7H,2,5H2,1H3. The molecule has 1 aliphatic heterocycles. The first-order chi connectivity index (χ1) is 9.15. The van der Waals surface area contributed by atoms with Gasteiger partial charge in [0.15, 0.2) is 0 Å². The summed E-state index contributed by atoms with van der Waals surface area (Å²) in [5.41, 5.74) is 0.409. The lowest BCUT2D eigenvalue weighted by Gasteiger charge is -2.09. The van der Waals surface area contributed by atoms with Crippen LogP contribution in [-0.4, -0.2) is 22.8 Å². The Morgan fingerprint density at radius 1 is 1.16 bits per heavy atom. The van der Waals surface area contributed by atoms with E-state index in [4.69, 9.17) is 0 Å². The van der Waals surface area contributed by atoms with Gasteiger partial charge in [0.25, 0.3) is 11.8 Å². The summed E-state index contributed by atoms with van der Waals surface area (Å²) in [6.45, 7) is 1.78. The third-order valence-electron chi connectivity index (χ3n) is 2.44. The Kier molecular flexibility index (Phi) is 3.88. The van der Waals surface area contributed by atoms with Crippen LogP contribution in [0.3, 0.4) is 0 Å². The predicted molar refractivity (Wildman–Crippen MR) is 60.1 cm³/mol. The van der Waals surface area contributed by atoms with Crippen molar-refractivity contribution in [2.24, 2.45) is 0 Å². The summed E-state index contributed by atoms with van der Waals surface area (Å²) in [6, 6.07) is 6.22. The van der Waals surface area contributed by atoms with E-state index in [0.717, 1.165) is 0 Å². The Morgan fingerprint density at radius 3 is 2.26 bits per heavy atom. The number of hydrogen-bond donors (Lipinski definition) is 0. The lowest BCUT2D eigenvalue weighted by Crippen LogP contribution is -2.30. The number of carbonyl (C=O) groups excluding carboxylic acids is 3. The van der Waals surface area contributed by atoms with Gasteiger partial charge in [-0.3, -0.25) is 14.5 Å². The first-order valence-electron chi connectivity index (χ1n) is 5.67. The molecule has 1 heterocycles. The summed E-state index contributed by atoms with van der Waals surface area (Å²) >= 11 is 0. The minimum atomic E-state index is -0.674. The van der Waals surface area contributed by atoms with Gasteiger partial charge in [-0.15, -0.1) is 5.06 Å². The highest BCUT2D eigenvalue weighted by atomic mass is 17.6. The third-order valence-corrected chi connectivity index (χ3v) is 2.44. The highest BCUT2D eigenvalue weighted by molar-refractivity contribution is 6.20. The van der Waals surface area contributed by atoms with Gasteiger partial charge in [-0.2, -0.15) is 0 Å². The minimum absolute atomic E-state index is 0.144. The summed E-state index contributed by atoms with van der Waals surface area (Å²) in [5, 5.41) is 4.53. The van der Waals surface area contributed by atoms with Crippen LogP contribution in [-0.2, 0) is 19.7 Å². The van der Waals surface area contributed by atoms with Gasteiger partial charge in [0, 0.05) is 11.5 Å². The van der Waals surface area contributed by atoms with Crippen molar-refractivity contribution in [2.75, 3.05) is 0 Å². The Hall–Kier alpha value is -2.25. The number of hydrogen-bond acceptors (Lipinski definition) is 6. The van der Waals surface area contributed by atoms with Crippen molar-refractivity contribution in [3.8, 4) is 0 Å². The Labute approximate surface area is 108 Å².